The molecule has 0 aromatic carbocycles. The molecule has 0 amide bonds. The SMILES string of the molecule is NCCO.O=C(O)/C=C\C(=O)O.O=C(O)/C=C\C(=O)O. The van der Waals surface area contributed by atoms with Gasteiger partial charge in [-0.15, -0.1) is 0 Å². The van der Waals surface area contributed by atoms with Gasteiger partial charge in [0.2, 0.25) is 0 Å². The van der Waals surface area contributed by atoms with Gasteiger partial charge >= 0.3 is 23.9 Å². The Morgan fingerprint density at radius 2 is 0.850 bits per heavy atom. The van der Waals surface area contributed by atoms with E-state index < -0.39 is 23.9 Å². The number of carbonyl (C=O) groups is 4. The average Bonchev–Trinajstić information content (AvgIpc) is 2.35. The van der Waals surface area contributed by atoms with Crippen molar-refractivity contribution in [1.29, 1.82) is 0 Å². The number of hydrogen-bond donors (Lipinski definition) is 6. The highest BCUT2D eigenvalue weighted by Crippen LogP contribution is 1.71. The molecule has 0 saturated heterocycles. The largest absolute Gasteiger partial charge is 0.478 e. The fourth-order valence-electron chi connectivity index (χ4n) is 0.285. The number of aliphatic hydroxyl groups is 1. The van der Waals surface area contributed by atoms with Gasteiger partial charge in [0.05, 0.1) is 6.61 Å². The molecule has 0 heterocycles. The maximum Gasteiger partial charge on any atom is 0.328 e. The van der Waals surface area contributed by atoms with E-state index in [0.717, 1.165) is 0 Å². The Hall–Kier alpha value is -2.72. The highest BCUT2D eigenvalue weighted by Gasteiger charge is 1.88. The highest BCUT2D eigenvalue weighted by atomic mass is 16.4. The van der Waals surface area contributed by atoms with Gasteiger partial charge in [-0.05, 0) is 0 Å². The number of carboxylic acids is 4. The van der Waals surface area contributed by atoms with Gasteiger partial charge in [0.15, 0.2) is 0 Å². The molecule has 0 fully saturated rings. The summed E-state index contributed by atoms with van der Waals surface area (Å²) in [6.07, 6.45) is 2.23. The molecular weight excluding hydrogens is 278 g/mol. The van der Waals surface area contributed by atoms with Gasteiger partial charge in [-0.3, -0.25) is 0 Å². The van der Waals surface area contributed by atoms with Crippen LogP contribution in [0.5, 0.6) is 0 Å². The lowest BCUT2D eigenvalue weighted by atomic mass is 10.5. The van der Waals surface area contributed by atoms with Crippen molar-refractivity contribution < 1.29 is 44.7 Å². The fraction of sp³-hybridized carbons (Fsp3) is 0.200. The van der Waals surface area contributed by atoms with Crippen LogP contribution >= 0.6 is 0 Å². The third-order valence-corrected chi connectivity index (χ3v) is 0.866. The Balaban J connectivity index is -0.000000230. The van der Waals surface area contributed by atoms with Crippen molar-refractivity contribution in [1.82, 2.24) is 0 Å². The standard InChI is InChI=1S/2C4H4O4.C2H7NO/c2*5-3(6)1-2-4(7)8;3-1-2-4/h2*1-2H,(H,5,6)(H,7,8);4H,1-3H2/b2*2-1-;. The van der Waals surface area contributed by atoms with Gasteiger partial charge < -0.3 is 31.3 Å². The van der Waals surface area contributed by atoms with Crippen LogP contribution in [0.25, 0.3) is 0 Å². The normalized spacial score (nSPS) is 9.10. The maximum atomic E-state index is 9.55. The predicted octanol–water partition coefficient (Wildman–Crippen LogP) is -1.64. The van der Waals surface area contributed by atoms with Crippen molar-refractivity contribution in [2.24, 2.45) is 5.73 Å². The summed E-state index contributed by atoms with van der Waals surface area (Å²) >= 11 is 0. The Morgan fingerprint density at radius 1 is 0.700 bits per heavy atom. The molecule has 114 valence electrons. The summed E-state index contributed by atoms with van der Waals surface area (Å²) in [6, 6.07) is 0. The summed E-state index contributed by atoms with van der Waals surface area (Å²) in [7, 11) is 0. The number of aliphatic hydroxyl groups excluding tert-OH is 1. The average molecular weight is 293 g/mol. The first-order valence-electron chi connectivity index (χ1n) is 4.76. The van der Waals surface area contributed by atoms with Crippen molar-refractivity contribution in [3.63, 3.8) is 0 Å². The number of aliphatic carboxylic acids is 4. The summed E-state index contributed by atoms with van der Waals surface area (Å²) in [5, 5.41) is 39.0. The molecule has 0 unspecified atom stereocenters. The Morgan fingerprint density at radius 3 is 0.900 bits per heavy atom. The lowest BCUT2D eigenvalue weighted by Crippen LogP contribution is -2.02. The van der Waals surface area contributed by atoms with Crippen LogP contribution in [-0.4, -0.2) is 62.6 Å². The number of rotatable bonds is 5. The lowest BCUT2D eigenvalue weighted by molar-refractivity contribution is -0.134. The van der Waals surface area contributed by atoms with Crippen molar-refractivity contribution >= 4 is 23.9 Å². The second-order valence-electron chi connectivity index (χ2n) is 2.53. The summed E-state index contributed by atoms with van der Waals surface area (Å²) in [4.78, 5) is 38.2. The van der Waals surface area contributed by atoms with Gasteiger partial charge in [-0.1, -0.05) is 0 Å². The van der Waals surface area contributed by atoms with Gasteiger partial charge in [0.25, 0.3) is 0 Å². The Labute approximate surface area is 113 Å². The lowest BCUT2D eigenvalue weighted by Gasteiger charge is -1.74. The smallest absolute Gasteiger partial charge is 0.328 e. The molecule has 0 aliphatic rings. The topological polar surface area (TPSA) is 195 Å². The first-order valence-corrected chi connectivity index (χ1v) is 4.76. The summed E-state index contributed by atoms with van der Waals surface area (Å²) in [6.45, 7) is 0.472. The van der Waals surface area contributed by atoms with Crippen LogP contribution in [0.1, 0.15) is 0 Å². The minimum absolute atomic E-state index is 0.0972. The number of hydrogen-bond acceptors (Lipinski definition) is 6. The van der Waals surface area contributed by atoms with E-state index in [1.54, 1.807) is 0 Å². The monoisotopic (exact) mass is 293 g/mol. The van der Waals surface area contributed by atoms with E-state index >= 15 is 0 Å². The van der Waals surface area contributed by atoms with Crippen LogP contribution in [0, 0.1) is 0 Å². The molecule has 0 aromatic heterocycles. The van der Waals surface area contributed by atoms with E-state index in [-0.39, 0.29) is 6.61 Å². The zero-order valence-corrected chi connectivity index (χ0v) is 10.2. The first-order chi connectivity index (χ1) is 9.17. The third-order valence-electron chi connectivity index (χ3n) is 0.866. The molecule has 0 aromatic rings. The van der Waals surface area contributed by atoms with Gasteiger partial charge in [-0.2, -0.15) is 0 Å². The van der Waals surface area contributed by atoms with Crippen LogP contribution in [-0.2, 0) is 19.2 Å². The van der Waals surface area contributed by atoms with Gasteiger partial charge in [-0.25, -0.2) is 19.2 Å². The predicted molar refractivity (Wildman–Crippen MR) is 65.0 cm³/mol. The van der Waals surface area contributed by atoms with E-state index in [0.29, 0.717) is 30.8 Å². The molecular formula is C10H15NO9. The molecule has 0 rings (SSSR count). The summed E-state index contributed by atoms with van der Waals surface area (Å²) < 4.78 is 0. The van der Waals surface area contributed by atoms with Crippen LogP contribution in [0.2, 0.25) is 0 Å². The fourth-order valence-corrected chi connectivity index (χ4v) is 0.285. The molecule has 0 atom stereocenters. The second-order valence-corrected chi connectivity index (χ2v) is 2.53. The van der Waals surface area contributed by atoms with Gasteiger partial charge in [0.1, 0.15) is 0 Å². The highest BCUT2D eigenvalue weighted by molar-refractivity contribution is 5.90. The molecule has 0 spiro atoms. The molecule has 0 radical (unpaired) electrons. The molecule has 0 aliphatic carbocycles. The molecule has 20 heavy (non-hydrogen) atoms. The van der Waals surface area contributed by atoms with Crippen LogP contribution < -0.4 is 5.73 Å². The molecule has 10 heteroatoms. The van der Waals surface area contributed by atoms with E-state index in [9.17, 15) is 19.2 Å². The van der Waals surface area contributed by atoms with Crippen LogP contribution in [0.15, 0.2) is 24.3 Å². The Bertz CT molecular complexity index is 305. The first kappa shape index (κ1) is 22.5. The van der Waals surface area contributed by atoms with Gasteiger partial charge in [0, 0.05) is 30.8 Å². The zero-order chi connectivity index (χ0) is 16.6. The molecule has 0 saturated carbocycles. The maximum absolute atomic E-state index is 9.55. The number of carboxylic acid groups (broad SMARTS) is 4. The van der Waals surface area contributed by atoms with E-state index in [1.165, 1.54) is 0 Å². The molecule has 10 nitrogen and oxygen atoms in total. The molecule has 0 aliphatic heterocycles. The summed E-state index contributed by atoms with van der Waals surface area (Å²) in [5.74, 6) is -5.03. The minimum Gasteiger partial charge on any atom is -0.478 e. The van der Waals surface area contributed by atoms with E-state index in [1.807, 2.05) is 0 Å². The quantitative estimate of drug-likeness (QED) is 0.320. The van der Waals surface area contributed by atoms with Crippen LogP contribution in [0.3, 0.4) is 0 Å². The zero-order valence-electron chi connectivity index (χ0n) is 10.2. The third kappa shape index (κ3) is 45.4. The van der Waals surface area contributed by atoms with Crippen molar-refractivity contribution in [2.75, 3.05) is 13.2 Å². The van der Waals surface area contributed by atoms with E-state index in [2.05, 4.69) is 0 Å². The van der Waals surface area contributed by atoms with Crippen molar-refractivity contribution in [3.8, 4) is 0 Å². The minimum atomic E-state index is -1.26. The van der Waals surface area contributed by atoms with E-state index in [4.69, 9.17) is 31.3 Å². The Kier molecular flexibility index (Phi) is 18.3. The van der Waals surface area contributed by atoms with Crippen molar-refractivity contribution in [3.05, 3.63) is 24.3 Å². The van der Waals surface area contributed by atoms with Crippen LogP contribution in [0.4, 0.5) is 0 Å². The molecule has 0 bridgehead atoms. The second kappa shape index (κ2) is 16.3. The summed E-state index contributed by atoms with van der Waals surface area (Å²) in [5.41, 5.74) is 4.78. The van der Waals surface area contributed by atoms with Crippen molar-refractivity contribution in [2.45, 2.75) is 0 Å². The number of nitrogens with two attached hydrogens (primary N) is 1. The molecule has 7 N–H and O–H groups in total.